The second-order valence-electron chi connectivity index (χ2n) is 5.86. The summed E-state index contributed by atoms with van der Waals surface area (Å²) in [4.78, 5) is 15.6. The van der Waals surface area contributed by atoms with Crippen molar-refractivity contribution in [2.75, 3.05) is 13.2 Å². The van der Waals surface area contributed by atoms with Crippen LogP contribution >= 0.6 is 12.2 Å². The number of H-pyrrole nitrogens is 1. The highest BCUT2D eigenvalue weighted by Gasteiger charge is 2.22. The fourth-order valence-corrected chi connectivity index (χ4v) is 3.09. The van der Waals surface area contributed by atoms with E-state index in [0.29, 0.717) is 29.4 Å². The molecule has 0 saturated heterocycles. The highest BCUT2D eigenvalue weighted by molar-refractivity contribution is 7.71. The summed E-state index contributed by atoms with van der Waals surface area (Å²) in [5, 5.41) is 2.89. The Kier molecular flexibility index (Phi) is 4.45. The van der Waals surface area contributed by atoms with E-state index < -0.39 is 0 Å². The number of aromatic amines is 1. The zero-order chi connectivity index (χ0) is 17.9. The third kappa shape index (κ3) is 3.21. The average Bonchev–Trinajstić information content (AvgIpc) is 3.08. The topological polar surface area (TPSA) is 68.3 Å². The number of rotatable bonds is 4. The maximum absolute atomic E-state index is 12.6. The number of imidazole rings is 1. The minimum absolute atomic E-state index is 0.233. The molecule has 2 heterocycles. The number of para-hydroxylation sites is 3. The number of nitrogens with zero attached hydrogens (tertiary/aromatic N) is 1. The lowest BCUT2D eigenvalue weighted by Crippen LogP contribution is -2.41. The molecule has 0 unspecified atom stereocenters. The molecule has 26 heavy (non-hydrogen) atoms. The molecule has 1 atom stereocenters. The van der Waals surface area contributed by atoms with Crippen LogP contribution in [0.3, 0.4) is 0 Å². The SMILES string of the molecule is O=C(NC[C@@H]1COc2ccccc2O1)c1c[nH]c(=S)n1-c1ccccc1. The number of aromatic nitrogens is 2. The lowest BCUT2D eigenvalue weighted by Gasteiger charge is -2.26. The van der Waals surface area contributed by atoms with Gasteiger partial charge in [-0.1, -0.05) is 30.3 Å². The molecule has 0 radical (unpaired) electrons. The summed E-state index contributed by atoms with van der Waals surface area (Å²) >= 11 is 5.31. The van der Waals surface area contributed by atoms with Crippen molar-refractivity contribution in [3.05, 3.63) is 71.3 Å². The zero-order valence-electron chi connectivity index (χ0n) is 13.8. The molecule has 1 aliphatic rings. The van der Waals surface area contributed by atoms with Crippen molar-refractivity contribution < 1.29 is 14.3 Å². The fraction of sp³-hybridized carbons (Fsp3) is 0.158. The van der Waals surface area contributed by atoms with E-state index in [9.17, 15) is 4.79 Å². The third-order valence-electron chi connectivity index (χ3n) is 4.08. The van der Waals surface area contributed by atoms with E-state index in [1.807, 2.05) is 54.6 Å². The molecule has 0 aliphatic carbocycles. The summed E-state index contributed by atoms with van der Waals surface area (Å²) in [5.74, 6) is 1.17. The minimum Gasteiger partial charge on any atom is -0.486 e. The largest absolute Gasteiger partial charge is 0.486 e. The van der Waals surface area contributed by atoms with Crippen LogP contribution in [0.5, 0.6) is 11.5 Å². The molecule has 1 aliphatic heterocycles. The van der Waals surface area contributed by atoms with Crippen LogP contribution in [0.25, 0.3) is 5.69 Å². The molecule has 0 spiro atoms. The number of carbonyl (C=O) groups is 1. The van der Waals surface area contributed by atoms with E-state index in [4.69, 9.17) is 21.7 Å². The monoisotopic (exact) mass is 367 g/mol. The molecule has 132 valence electrons. The molecule has 7 heteroatoms. The van der Waals surface area contributed by atoms with Crippen LogP contribution in [0.4, 0.5) is 0 Å². The van der Waals surface area contributed by atoms with Gasteiger partial charge >= 0.3 is 0 Å². The predicted molar refractivity (Wildman–Crippen MR) is 99.6 cm³/mol. The Morgan fingerprint density at radius 2 is 1.88 bits per heavy atom. The van der Waals surface area contributed by atoms with E-state index >= 15 is 0 Å². The van der Waals surface area contributed by atoms with E-state index in [2.05, 4.69) is 10.3 Å². The van der Waals surface area contributed by atoms with Crippen LogP contribution in [0.15, 0.2) is 60.8 Å². The van der Waals surface area contributed by atoms with Gasteiger partial charge in [0.05, 0.1) is 6.54 Å². The van der Waals surface area contributed by atoms with Crippen molar-refractivity contribution in [3.63, 3.8) is 0 Å². The highest BCUT2D eigenvalue weighted by atomic mass is 32.1. The van der Waals surface area contributed by atoms with Crippen molar-refractivity contribution in [1.82, 2.24) is 14.9 Å². The van der Waals surface area contributed by atoms with E-state index in [1.54, 1.807) is 10.8 Å². The summed E-state index contributed by atoms with van der Waals surface area (Å²) in [6.45, 7) is 0.718. The number of ether oxygens (including phenoxy) is 2. The van der Waals surface area contributed by atoms with Gasteiger partial charge in [0.25, 0.3) is 5.91 Å². The Morgan fingerprint density at radius 1 is 1.15 bits per heavy atom. The molecule has 0 saturated carbocycles. The van der Waals surface area contributed by atoms with Gasteiger partial charge in [-0.25, -0.2) is 0 Å². The van der Waals surface area contributed by atoms with Crippen LogP contribution in [0.1, 0.15) is 10.5 Å². The first-order valence-corrected chi connectivity index (χ1v) is 8.66. The second kappa shape index (κ2) is 7.05. The lowest BCUT2D eigenvalue weighted by atomic mass is 10.2. The van der Waals surface area contributed by atoms with Crippen LogP contribution < -0.4 is 14.8 Å². The van der Waals surface area contributed by atoms with Crippen molar-refractivity contribution in [1.29, 1.82) is 0 Å². The first-order chi connectivity index (χ1) is 12.7. The van der Waals surface area contributed by atoms with Crippen molar-refractivity contribution in [2.24, 2.45) is 0 Å². The summed E-state index contributed by atoms with van der Waals surface area (Å²) < 4.78 is 13.7. The highest BCUT2D eigenvalue weighted by Crippen LogP contribution is 2.30. The van der Waals surface area contributed by atoms with E-state index in [1.165, 1.54) is 0 Å². The Morgan fingerprint density at radius 3 is 2.69 bits per heavy atom. The summed E-state index contributed by atoms with van der Waals surface area (Å²) in [5.41, 5.74) is 1.27. The molecule has 4 rings (SSSR count). The number of nitrogens with one attached hydrogen (secondary N) is 2. The Labute approximate surface area is 155 Å². The average molecular weight is 367 g/mol. The molecule has 2 N–H and O–H groups in total. The smallest absolute Gasteiger partial charge is 0.270 e. The first-order valence-electron chi connectivity index (χ1n) is 8.25. The van der Waals surface area contributed by atoms with Gasteiger partial charge in [0.1, 0.15) is 18.4 Å². The van der Waals surface area contributed by atoms with Crippen LogP contribution in [-0.2, 0) is 0 Å². The maximum Gasteiger partial charge on any atom is 0.270 e. The first kappa shape index (κ1) is 16.4. The van der Waals surface area contributed by atoms with Gasteiger partial charge < -0.3 is 19.8 Å². The van der Waals surface area contributed by atoms with E-state index in [0.717, 1.165) is 11.4 Å². The van der Waals surface area contributed by atoms with Gasteiger partial charge in [-0.2, -0.15) is 0 Å². The Balaban J connectivity index is 1.46. The van der Waals surface area contributed by atoms with Crippen molar-refractivity contribution in [3.8, 4) is 17.2 Å². The fourth-order valence-electron chi connectivity index (χ4n) is 2.83. The number of hydrogen-bond donors (Lipinski definition) is 2. The molecule has 0 bridgehead atoms. The molecule has 6 nitrogen and oxygen atoms in total. The van der Waals surface area contributed by atoms with E-state index in [-0.39, 0.29) is 12.0 Å². The Bertz CT molecular complexity index is 981. The van der Waals surface area contributed by atoms with Gasteiger partial charge in [-0.15, -0.1) is 0 Å². The molecule has 3 aromatic rings. The summed E-state index contributed by atoms with van der Waals surface area (Å²) in [6.07, 6.45) is 1.36. The van der Waals surface area contributed by atoms with Crippen molar-refractivity contribution in [2.45, 2.75) is 6.10 Å². The van der Waals surface area contributed by atoms with Crippen LogP contribution in [-0.4, -0.2) is 34.7 Å². The summed E-state index contributed by atoms with van der Waals surface area (Å²) in [7, 11) is 0. The number of fused-ring (bicyclic) bond motifs is 1. The van der Waals surface area contributed by atoms with Crippen LogP contribution in [0.2, 0.25) is 0 Å². The molecular weight excluding hydrogens is 350 g/mol. The lowest BCUT2D eigenvalue weighted by molar-refractivity contribution is 0.0785. The number of amides is 1. The molecule has 2 aromatic carbocycles. The predicted octanol–water partition coefficient (Wildman–Crippen LogP) is 3.10. The summed E-state index contributed by atoms with van der Waals surface area (Å²) in [6, 6.07) is 17.0. The quantitative estimate of drug-likeness (QED) is 0.696. The minimum atomic E-state index is -0.249. The van der Waals surface area contributed by atoms with Crippen LogP contribution in [0, 0.1) is 4.77 Å². The van der Waals surface area contributed by atoms with Gasteiger partial charge in [-0.05, 0) is 36.5 Å². The third-order valence-corrected chi connectivity index (χ3v) is 4.38. The maximum atomic E-state index is 12.6. The van der Waals surface area contributed by atoms with Gasteiger partial charge in [0, 0.05) is 11.9 Å². The molecule has 1 aromatic heterocycles. The van der Waals surface area contributed by atoms with Gasteiger partial charge in [-0.3, -0.25) is 9.36 Å². The van der Waals surface area contributed by atoms with Crippen molar-refractivity contribution >= 4 is 18.1 Å². The zero-order valence-corrected chi connectivity index (χ0v) is 14.7. The number of benzene rings is 2. The normalized spacial score (nSPS) is 15.5. The number of carbonyl (C=O) groups excluding carboxylic acids is 1. The molecule has 1 amide bonds. The van der Waals surface area contributed by atoms with Gasteiger partial charge in [0.15, 0.2) is 16.3 Å². The second-order valence-corrected chi connectivity index (χ2v) is 6.24. The molecule has 0 fully saturated rings. The molecular formula is C19H17N3O3S. The number of hydrogen-bond acceptors (Lipinski definition) is 4. The van der Waals surface area contributed by atoms with Gasteiger partial charge in [0.2, 0.25) is 0 Å². The Hall–Kier alpha value is -3.06. The standard InChI is InChI=1S/C19H17N3O3S/c23-18(15-11-21-19(26)22(15)13-6-2-1-3-7-13)20-10-14-12-24-16-8-4-5-9-17(16)25-14/h1-9,11,14H,10,12H2,(H,20,23)(H,21,26)/t14-/m1/s1.